The minimum absolute atomic E-state index is 0.181. The predicted octanol–water partition coefficient (Wildman–Crippen LogP) is 1.54. The zero-order valence-corrected chi connectivity index (χ0v) is 13.1. The molecule has 1 fully saturated rings. The van der Waals surface area contributed by atoms with E-state index in [-0.39, 0.29) is 11.9 Å². The molecule has 1 aromatic heterocycles. The van der Waals surface area contributed by atoms with Crippen LogP contribution >= 0.6 is 0 Å². The van der Waals surface area contributed by atoms with Crippen LogP contribution in [0.3, 0.4) is 0 Å². The summed E-state index contributed by atoms with van der Waals surface area (Å²) in [4.78, 5) is 2.07. The number of nitrogens with zero attached hydrogens (tertiary/aromatic N) is 4. The van der Waals surface area contributed by atoms with Gasteiger partial charge in [-0.1, -0.05) is 18.2 Å². The summed E-state index contributed by atoms with van der Waals surface area (Å²) >= 11 is 0. The molecule has 0 amide bonds. The largest absolute Gasteiger partial charge is 0.387 e. The van der Waals surface area contributed by atoms with Crippen LogP contribution in [0.2, 0.25) is 0 Å². The van der Waals surface area contributed by atoms with Gasteiger partial charge in [0.1, 0.15) is 18.2 Å². The number of rotatable bonds is 5. The molecule has 124 valence electrons. The lowest BCUT2D eigenvalue weighted by molar-refractivity contribution is -0.0479. The van der Waals surface area contributed by atoms with Crippen LogP contribution in [0, 0.1) is 5.82 Å². The fraction of sp³-hybridized carbons (Fsp3) is 0.500. The van der Waals surface area contributed by atoms with E-state index in [4.69, 9.17) is 4.74 Å². The molecule has 0 saturated carbocycles. The molecule has 0 radical (unpaired) electrons. The third kappa shape index (κ3) is 3.57. The third-order valence-electron chi connectivity index (χ3n) is 4.12. The number of aryl methyl sites for hydroxylation is 1. The van der Waals surface area contributed by atoms with Crippen molar-refractivity contribution in [1.29, 1.82) is 0 Å². The molecule has 23 heavy (non-hydrogen) atoms. The number of aliphatic hydroxyl groups excluding tert-OH is 1. The van der Waals surface area contributed by atoms with Gasteiger partial charge >= 0.3 is 0 Å². The van der Waals surface area contributed by atoms with Gasteiger partial charge in [0.05, 0.1) is 12.7 Å². The highest BCUT2D eigenvalue weighted by Gasteiger charge is 2.27. The average Bonchev–Trinajstić information content (AvgIpc) is 3.04. The lowest BCUT2D eigenvalue weighted by atomic mass is 10.1. The molecule has 2 heterocycles. The molecule has 1 aliphatic heterocycles. The van der Waals surface area contributed by atoms with Crippen LogP contribution in [-0.4, -0.2) is 51.0 Å². The standard InChI is InChI=1S/C16H21FN4O2/c1-2-21-11-18-19-16(21)15-10-20(7-8-23-15)9-14(22)12-5-3-4-6-13(12)17/h3-6,11,14-15,22H,2,7-10H2,1H3. The normalized spacial score (nSPS) is 20.6. The zero-order chi connectivity index (χ0) is 16.2. The Morgan fingerprint density at radius 1 is 1.43 bits per heavy atom. The van der Waals surface area contributed by atoms with Crippen molar-refractivity contribution >= 4 is 0 Å². The highest BCUT2D eigenvalue weighted by molar-refractivity contribution is 5.20. The summed E-state index contributed by atoms with van der Waals surface area (Å²) in [5.41, 5.74) is 0.326. The maximum Gasteiger partial charge on any atom is 0.163 e. The summed E-state index contributed by atoms with van der Waals surface area (Å²) in [6.45, 7) is 5.01. The number of aromatic nitrogens is 3. The highest BCUT2D eigenvalue weighted by atomic mass is 19.1. The Labute approximate surface area is 134 Å². The van der Waals surface area contributed by atoms with E-state index in [9.17, 15) is 9.50 Å². The maximum absolute atomic E-state index is 13.8. The van der Waals surface area contributed by atoms with Crippen molar-refractivity contribution in [3.05, 3.63) is 47.8 Å². The third-order valence-corrected chi connectivity index (χ3v) is 4.12. The second kappa shape index (κ2) is 7.16. The molecule has 0 aliphatic carbocycles. The van der Waals surface area contributed by atoms with Crippen molar-refractivity contribution in [3.8, 4) is 0 Å². The average molecular weight is 320 g/mol. The molecule has 0 spiro atoms. The zero-order valence-electron chi connectivity index (χ0n) is 13.1. The van der Waals surface area contributed by atoms with Crippen LogP contribution < -0.4 is 0 Å². The smallest absolute Gasteiger partial charge is 0.163 e. The summed E-state index contributed by atoms with van der Waals surface area (Å²) in [5.74, 6) is 0.410. The van der Waals surface area contributed by atoms with Crippen LogP contribution in [0.1, 0.15) is 30.5 Å². The number of ether oxygens (including phenoxy) is 1. The Morgan fingerprint density at radius 2 is 2.26 bits per heavy atom. The lowest BCUT2D eigenvalue weighted by Gasteiger charge is -2.33. The number of hydrogen-bond donors (Lipinski definition) is 1. The maximum atomic E-state index is 13.8. The minimum Gasteiger partial charge on any atom is -0.387 e. The molecular weight excluding hydrogens is 299 g/mol. The molecule has 3 rings (SSSR count). The lowest BCUT2D eigenvalue weighted by Crippen LogP contribution is -2.41. The van der Waals surface area contributed by atoms with Crippen LogP contribution in [0.15, 0.2) is 30.6 Å². The SMILES string of the molecule is CCn1cnnc1C1CN(CC(O)c2ccccc2F)CCO1. The molecule has 1 saturated heterocycles. The molecule has 7 heteroatoms. The Bertz CT molecular complexity index is 649. The van der Waals surface area contributed by atoms with Crippen molar-refractivity contribution in [3.63, 3.8) is 0 Å². The van der Waals surface area contributed by atoms with E-state index in [1.807, 2.05) is 11.5 Å². The van der Waals surface area contributed by atoms with Crippen molar-refractivity contribution in [2.45, 2.75) is 25.7 Å². The topological polar surface area (TPSA) is 63.4 Å². The van der Waals surface area contributed by atoms with Crippen LogP contribution in [0.4, 0.5) is 4.39 Å². The Hall–Kier alpha value is -1.83. The van der Waals surface area contributed by atoms with Gasteiger partial charge in [-0.25, -0.2) is 4.39 Å². The van der Waals surface area contributed by atoms with E-state index in [0.717, 1.165) is 12.4 Å². The van der Waals surface area contributed by atoms with E-state index in [0.29, 0.717) is 31.8 Å². The summed E-state index contributed by atoms with van der Waals surface area (Å²) in [6, 6.07) is 6.33. The first-order valence-corrected chi connectivity index (χ1v) is 7.83. The van der Waals surface area contributed by atoms with Crippen LogP contribution in [0.25, 0.3) is 0 Å². The van der Waals surface area contributed by atoms with Crippen molar-refractivity contribution in [2.24, 2.45) is 0 Å². The summed E-state index contributed by atoms with van der Waals surface area (Å²) in [5, 5.41) is 18.4. The first kappa shape index (κ1) is 16.0. The van der Waals surface area contributed by atoms with Crippen LogP contribution in [-0.2, 0) is 11.3 Å². The van der Waals surface area contributed by atoms with Crippen molar-refractivity contribution in [1.82, 2.24) is 19.7 Å². The number of β-amino-alcohol motifs (C(OH)–C–C–N with tert-alkyl or cyclic N) is 1. The number of benzene rings is 1. The molecule has 2 aromatic rings. The van der Waals surface area contributed by atoms with Gasteiger partial charge in [0, 0.05) is 31.7 Å². The van der Waals surface area contributed by atoms with Crippen molar-refractivity contribution in [2.75, 3.05) is 26.2 Å². The second-order valence-corrected chi connectivity index (χ2v) is 5.63. The van der Waals surface area contributed by atoms with E-state index >= 15 is 0 Å². The summed E-state index contributed by atoms with van der Waals surface area (Å²) < 4.78 is 21.5. The minimum atomic E-state index is -0.862. The van der Waals surface area contributed by atoms with Gasteiger partial charge in [0.2, 0.25) is 0 Å². The monoisotopic (exact) mass is 320 g/mol. The number of halogens is 1. The number of hydrogen-bond acceptors (Lipinski definition) is 5. The molecule has 1 aliphatic rings. The second-order valence-electron chi connectivity index (χ2n) is 5.63. The first-order valence-electron chi connectivity index (χ1n) is 7.83. The fourth-order valence-electron chi connectivity index (χ4n) is 2.87. The van der Waals surface area contributed by atoms with Gasteiger partial charge in [0.15, 0.2) is 5.82 Å². The van der Waals surface area contributed by atoms with Gasteiger partial charge in [-0.15, -0.1) is 10.2 Å². The molecule has 2 atom stereocenters. The van der Waals surface area contributed by atoms with Gasteiger partial charge in [-0.05, 0) is 13.0 Å². The molecular formula is C16H21FN4O2. The van der Waals surface area contributed by atoms with Gasteiger partial charge < -0.3 is 14.4 Å². The Morgan fingerprint density at radius 3 is 3.04 bits per heavy atom. The molecule has 0 bridgehead atoms. The van der Waals surface area contributed by atoms with Gasteiger partial charge in [0.25, 0.3) is 0 Å². The van der Waals surface area contributed by atoms with Gasteiger partial charge in [-0.3, -0.25) is 4.90 Å². The van der Waals surface area contributed by atoms with E-state index in [2.05, 4.69) is 15.1 Å². The quantitative estimate of drug-likeness (QED) is 0.905. The van der Waals surface area contributed by atoms with Crippen molar-refractivity contribution < 1.29 is 14.2 Å². The first-order chi connectivity index (χ1) is 11.2. The van der Waals surface area contributed by atoms with E-state index in [1.54, 1.807) is 24.5 Å². The molecule has 1 N–H and O–H groups in total. The summed E-state index contributed by atoms with van der Waals surface area (Å²) in [6.07, 6.45) is 0.643. The Kier molecular flexibility index (Phi) is 5.00. The van der Waals surface area contributed by atoms with Gasteiger partial charge in [-0.2, -0.15) is 0 Å². The highest BCUT2D eigenvalue weighted by Crippen LogP contribution is 2.23. The summed E-state index contributed by atoms with van der Waals surface area (Å²) in [7, 11) is 0. The number of morpholine rings is 1. The van der Waals surface area contributed by atoms with E-state index in [1.165, 1.54) is 6.07 Å². The van der Waals surface area contributed by atoms with Crippen LogP contribution in [0.5, 0.6) is 0 Å². The molecule has 1 aromatic carbocycles. The predicted molar refractivity (Wildman–Crippen MR) is 82.2 cm³/mol. The molecule has 2 unspecified atom stereocenters. The fourth-order valence-corrected chi connectivity index (χ4v) is 2.87. The van der Waals surface area contributed by atoms with E-state index < -0.39 is 6.10 Å². The molecule has 6 nitrogen and oxygen atoms in total. The number of aliphatic hydroxyl groups is 1. The Balaban J connectivity index is 1.66.